The number of rotatable bonds is 5. The molecule has 2 aromatic carbocycles. The van der Waals surface area contributed by atoms with Gasteiger partial charge in [0.05, 0.1) is 5.70 Å². The van der Waals surface area contributed by atoms with Gasteiger partial charge in [-0.25, -0.2) is 0 Å². The first-order valence-corrected chi connectivity index (χ1v) is 11.8. The second-order valence-electron chi connectivity index (χ2n) is 9.19. The van der Waals surface area contributed by atoms with Crippen LogP contribution in [-0.4, -0.2) is 38.7 Å². The molecule has 1 atom stereocenters. The van der Waals surface area contributed by atoms with E-state index < -0.39 is 0 Å². The highest BCUT2D eigenvalue weighted by Crippen LogP contribution is 2.36. The van der Waals surface area contributed by atoms with E-state index in [1.165, 1.54) is 30.4 Å². The zero-order valence-electron chi connectivity index (χ0n) is 19.2. The second kappa shape index (κ2) is 9.17. The molecule has 1 aromatic heterocycles. The molecule has 0 radical (unpaired) electrons. The van der Waals surface area contributed by atoms with Crippen LogP contribution in [0.3, 0.4) is 0 Å². The molecule has 0 spiro atoms. The van der Waals surface area contributed by atoms with Gasteiger partial charge in [0.15, 0.2) is 0 Å². The van der Waals surface area contributed by atoms with Crippen LogP contribution in [-0.2, 0) is 4.79 Å². The van der Waals surface area contributed by atoms with Gasteiger partial charge in [-0.3, -0.25) is 9.69 Å². The van der Waals surface area contributed by atoms with Crippen LogP contribution in [0.2, 0.25) is 0 Å². The Bertz CT molecular complexity index is 1140. The third-order valence-electron chi connectivity index (χ3n) is 6.63. The van der Waals surface area contributed by atoms with E-state index in [1.807, 2.05) is 4.90 Å². The van der Waals surface area contributed by atoms with Crippen molar-refractivity contribution in [3.05, 3.63) is 76.9 Å². The predicted octanol–water partition coefficient (Wildman–Crippen LogP) is 4.19. The number of aryl methyl sites for hydroxylation is 2. The van der Waals surface area contributed by atoms with Gasteiger partial charge < -0.3 is 5.32 Å². The zero-order valence-corrected chi connectivity index (χ0v) is 19.2. The molecule has 1 aliphatic heterocycles. The average molecular weight is 443 g/mol. The summed E-state index contributed by atoms with van der Waals surface area (Å²) in [5.41, 5.74) is 5.48. The Labute approximate surface area is 194 Å². The molecule has 1 N–H and O–H groups in total. The SMILES string of the molecule is Cc1ccc(C2=C[C@@H](c3ccc(C)cc3)n3nnnc3N2CC(=O)NC2CCCCC2)cc1. The lowest BCUT2D eigenvalue weighted by molar-refractivity contribution is -0.120. The Balaban J connectivity index is 1.50. The number of allylic oxidation sites excluding steroid dienone is 1. The lowest BCUT2D eigenvalue weighted by Gasteiger charge is -2.33. The van der Waals surface area contributed by atoms with Crippen LogP contribution in [0.1, 0.15) is 60.4 Å². The summed E-state index contributed by atoms with van der Waals surface area (Å²) in [5, 5.41) is 15.8. The number of amides is 1. The molecular weight excluding hydrogens is 412 g/mol. The third-order valence-corrected chi connectivity index (χ3v) is 6.63. The Morgan fingerprint density at radius 1 is 0.970 bits per heavy atom. The van der Waals surface area contributed by atoms with Crippen molar-refractivity contribution < 1.29 is 4.79 Å². The smallest absolute Gasteiger partial charge is 0.251 e. The van der Waals surface area contributed by atoms with E-state index in [1.54, 1.807) is 4.68 Å². The molecule has 1 saturated carbocycles. The van der Waals surface area contributed by atoms with Crippen molar-refractivity contribution in [1.82, 2.24) is 25.5 Å². The molecule has 170 valence electrons. The lowest BCUT2D eigenvalue weighted by Crippen LogP contribution is -2.44. The quantitative estimate of drug-likeness (QED) is 0.641. The van der Waals surface area contributed by atoms with Crippen LogP contribution in [0.5, 0.6) is 0 Å². The Kier molecular flexibility index (Phi) is 5.94. The second-order valence-corrected chi connectivity index (χ2v) is 9.19. The minimum atomic E-state index is -0.149. The van der Waals surface area contributed by atoms with E-state index >= 15 is 0 Å². The highest BCUT2D eigenvalue weighted by atomic mass is 16.2. The minimum absolute atomic E-state index is 0.00301. The number of anilines is 1. The van der Waals surface area contributed by atoms with E-state index in [9.17, 15) is 4.79 Å². The van der Waals surface area contributed by atoms with Crippen LogP contribution in [0.25, 0.3) is 5.70 Å². The molecule has 2 aliphatic rings. The van der Waals surface area contributed by atoms with Crippen molar-refractivity contribution in [2.45, 2.75) is 58.0 Å². The van der Waals surface area contributed by atoms with E-state index in [2.05, 4.69) is 89.3 Å². The first-order valence-electron chi connectivity index (χ1n) is 11.8. The number of nitrogens with zero attached hydrogens (tertiary/aromatic N) is 5. The van der Waals surface area contributed by atoms with Crippen LogP contribution >= 0.6 is 0 Å². The number of benzene rings is 2. The topological polar surface area (TPSA) is 75.9 Å². The van der Waals surface area contributed by atoms with Gasteiger partial charge in [-0.1, -0.05) is 84.0 Å². The molecule has 1 aliphatic carbocycles. The first-order chi connectivity index (χ1) is 16.1. The molecule has 3 aromatic rings. The Hall–Kier alpha value is -3.48. The normalized spacial score (nSPS) is 18.5. The fourth-order valence-corrected chi connectivity index (χ4v) is 4.76. The van der Waals surface area contributed by atoms with Gasteiger partial charge >= 0.3 is 0 Å². The molecule has 2 heterocycles. The summed E-state index contributed by atoms with van der Waals surface area (Å²) in [5.74, 6) is 0.584. The van der Waals surface area contributed by atoms with Gasteiger partial charge in [-0.05, 0) is 54.3 Å². The maximum Gasteiger partial charge on any atom is 0.251 e. The molecule has 7 nitrogen and oxygen atoms in total. The largest absolute Gasteiger partial charge is 0.352 e. The number of carbonyl (C=O) groups is 1. The van der Waals surface area contributed by atoms with Gasteiger partial charge in [-0.15, -0.1) is 0 Å². The van der Waals surface area contributed by atoms with Gasteiger partial charge in [0.25, 0.3) is 5.95 Å². The van der Waals surface area contributed by atoms with Crippen molar-refractivity contribution in [2.24, 2.45) is 0 Å². The summed E-state index contributed by atoms with van der Waals surface area (Å²) in [6, 6.07) is 16.9. The molecule has 7 heteroatoms. The number of carbonyl (C=O) groups excluding carboxylic acids is 1. The molecule has 5 rings (SSSR count). The fourth-order valence-electron chi connectivity index (χ4n) is 4.76. The molecule has 0 unspecified atom stereocenters. The van der Waals surface area contributed by atoms with Crippen molar-refractivity contribution in [3.8, 4) is 0 Å². The summed E-state index contributed by atoms with van der Waals surface area (Å²) in [6.45, 7) is 4.33. The van der Waals surface area contributed by atoms with Gasteiger partial charge in [-0.2, -0.15) is 4.68 Å². The Morgan fingerprint density at radius 2 is 1.64 bits per heavy atom. The number of nitrogens with one attached hydrogen (secondary N) is 1. The maximum atomic E-state index is 13.1. The molecule has 0 saturated heterocycles. The van der Waals surface area contributed by atoms with Crippen molar-refractivity contribution in [3.63, 3.8) is 0 Å². The summed E-state index contributed by atoms with van der Waals surface area (Å²) >= 11 is 0. The number of fused-ring (bicyclic) bond motifs is 1. The third kappa shape index (κ3) is 4.53. The minimum Gasteiger partial charge on any atom is -0.352 e. The predicted molar refractivity (Wildman–Crippen MR) is 129 cm³/mol. The maximum absolute atomic E-state index is 13.1. The van der Waals surface area contributed by atoms with Crippen LogP contribution in [0.15, 0.2) is 54.6 Å². The molecular formula is C26H30N6O. The van der Waals surface area contributed by atoms with E-state index in [0.29, 0.717) is 5.95 Å². The summed E-state index contributed by atoms with van der Waals surface area (Å²) < 4.78 is 1.80. The molecule has 33 heavy (non-hydrogen) atoms. The van der Waals surface area contributed by atoms with E-state index in [4.69, 9.17) is 0 Å². The van der Waals surface area contributed by atoms with Gasteiger partial charge in [0.2, 0.25) is 5.91 Å². The average Bonchev–Trinajstić information content (AvgIpc) is 3.31. The Morgan fingerprint density at radius 3 is 2.33 bits per heavy atom. The first kappa shape index (κ1) is 21.4. The summed E-state index contributed by atoms with van der Waals surface area (Å²) in [4.78, 5) is 15.0. The number of tetrazole rings is 1. The zero-order chi connectivity index (χ0) is 22.8. The van der Waals surface area contributed by atoms with E-state index in [0.717, 1.165) is 29.7 Å². The number of aromatic nitrogens is 4. The van der Waals surface area contributed by atoms with Crippen LogP contribution < -0.4 is 10.2 Å². The highest BCUT2D eigenvalue weighted by molar-refractivity contribution is 5.89. The number of hydrogen-bond acceptors (Lipinski definition) is 5. The number of hydrogen-bond donors (Lipinski definition) is 1. The van der Waals surface area contributed by atoms with Crippen LogP contribution in [0.4, 0.5) is 5.95 Å². The van der Waals surface area contributed by atoms with Crippen molar-refractivity contribution >= 4 is 17.6 Å². The van der Waals surface area contributed by atoms with Gasteiger partial charge in [0, 0.05) is 6.04 Å². The fraction of sp³-hybridized carbons (Fsp3) is 0.385. The van der Waals surface area contributed by atoms with Crippen LogP contribution in [0, 0.1) is 13.8 Å². The molecule has 1 amide bonds. The standard InChI is InChI=1S/C26H30N6O/c1-18-8-12-20(13-9-18)23-16-24(21-14-10-19(2)11-15-21)32-26(28-29-30-32)31(23)17-25(33)27-22-6-4-3-5-7-22/h8-16,22,24H,3-7,17H2,1-2H3,(H,27,33)/t24-/m0/s1. The lowest BCUT2D eigenvalue weighted by atomic mass is 9.95. The summed E-state index contributed by atoms with van der Waals surface area (Å²) in [6.07, 6.45) is 7.89. The monoisotopic (exact) mass is 442 g/mol. The van der Waals surface area contributed by atoms with Crippen molar-refractivity contribution in [1.29, 1.82) is 0 Å². The van der Waals surface area contributed by atoms with Crippen molar-refractivity contribution in [2.75, 3.05) is 11.4 Å². The van der Waals surface area contributed by atoms with E-state index in [-0.39, 0.29) is 24.5 Å². The summed E-state index contributed by atoms with van der Waals surface area (Å²) in [7, 11) is 0. The van der Waals surface area contributed by atoms with Gasteiger partial charge in [0.1, 0.15) is 12.6 Å². The highest BCUT2D eigenvalue weighted by Gasteiger charge is 2.32. The molecule has 0 bridgehead atoms. The molecule has 1 fully saturated rings.